The second-order valence-electron chi connectivity index (χ2n) is 3.46. The maximum Gasteiger partial charge on any atom is 0.173 e. The number of hydrogen-bond donors (Lipinski definition) is 1. The molecule has 0 saturated heterocycles. The molecule has 0 saturated carbocycles. The Balaban J connectivity index is 1.93. The second kappa shape index (κ2) is 4.79. The van der Waals surface area contributed by atoms with Gasteiger partial charge in [-0.25, -0.2) is 9.97 Å². The lowest BCUT2D eigenvalue weighted by Gasteiger charge is -1.96. The molecule has 0 spiro atoms. The van der Waals surface area contributed by atoms with Gasteiger partial charge in [-0.3, -0.25) is 0 Å². The molecule has 0 unspecified atom stereocenters. The lowest BCUT2D eigenvalue weighted by molar-refractivity contribution is 0.415. The Morgan fingerprint density at radius 1 is 1.39 bits per heavy atom. The highest BCUT2D eigenvalue weighted by Crippen LogP contribution is 2.31. The van der Waals surface area contributed by atoms with Crippen LogP contribution in [0, 0.1) is 0 Å². The summed E-state index contributed by atoms with van der Waals surface area (Å²) in [4.78, 5) is 11.9. The molecule has 0 bridgehead atoms. The molecule has 0 aliphatic heterocycles. The zero-order valence-electron chi connectivity index (χ0n) is 9.31. The number of benzene rings is 1. The van der Waals surface area contributed by atoms with Crippen molar-refractivity contribution in [1.82, 2.24) is 15.0 Å². The molecule has 4 nitrogen and oxygen atoms in total. The summed E-state index contributed by atoms with van der Waals surface area (Å²) in [5.74, 6) is 0.806. The van der Waals surface area contributed by atoms with Crippen molar-refractivity contribution in [3.8, 4) is 5.75 Å². The van der Waals surface area contributed by atoms with Crippen molar-refractivity contribution in [2.45, 2.75) is 9.50 Å². The van der Waals surface area contributed by atoms with Crippen molar-refractivity contribution in [2.24, 2.45) is 0 Å². The van der Waals surface area contributed by atoms with Crippen LogP contribution in [0.1, 0.15) is 0 Å². The molecule has 0 aliphatic carbocycles. The Labute approximate surface area is 116 Å². The third kappa shape index (κ3) is 2.31. The van der Waals surface area contributed by atoms with E-state index in [1.54, 1.807) is 12.5 Å². The Morgan fingerprint density at radius 2 is 2.28 bits per heavy atom. The van der Waals surface area contributed by atoms with Crippen LogP contribution in [-0.4, -0.2) is 22.1 Å². The fourth-order valence-electron chi connectivity index (χ4n) is 1.51. The van der Waals surface area contributed by atoms with Gasteiger partial charge in [0.1, 0.15) is 10.9 Å². The SMILES string of the molecule is COc1ccc2nc(Sc3nc(Cl)cs3)[nH]c2c1. The van der Waals surface area contributed by atoms with Crippen LogP contribution >= 0.6 is 34.7 Å². The summed E-state index contributed by atoms with van der Waals surface area (Å²) in [6.45, 7) is 0. The van der Waals surface area contributed by atoms with Crippen LogP contribution in [0.3, 0.4) is 0 Å². The van der Waals surface area contributed by atoms with Gasteiger partial charge in [-0.1, -0.05) is 11.6 Å². The fraction of sp³-hybridized carbons (Fsp3) is 0.0909. The average Bonchev–Trinajstić information content (AvgIpc) is 2.94. The predicted molar refractivity (Wildman–Crippen MR) is 73.9 cm³/mol. The van der Waals surface area contributed by atoms with Gasteiger partial charge >= 0.3 is 0 Å². The first-order chi connectivity index (χ1) is 8.74. The van der Waals surface area contributed by atoms with E-state index in [-0.39, 0.29) is 0 Å². The number of halogens is 1. The van der Waals surface area contributed by atoms with E-state index in [0.29, 0.717) is 5.15 Å². The molecule has 0 atom stereocenters. The van der Waals surface area contributed by atoms with Crippen molar-refractivity contribution < 1.29 is 4.74 Å². The number of ether oxygens (including phenoxy) is 1. The van der Waals surface area contributed by atoms with E-state index >= 15 is 0 Å². The van der Waals surface area contributed by atoms with Gasteiger partial charge in [0, 0.05) is 11.4 Å². The zero-order chi connectivity index (χ0) is 12.5. The monoisotopic (exact) mass is 297 g/mol. The summed E-state index contributed by atoms with van der Waals surface area (Å²) in [6.07, 6.45) is 0. The molecule has 1 N–H and O–H groups in total. The van der Waals surface area contributed by atoms with E-state index in [1.165, 1.54) is 23.1 Å². The van der Waals surface area contributed by atoms with Crippen molar-refractivity contribution in [2.75, 3.05) is 7.11 Å². The summed E-state index contributed by atoms with van der Waals surface area (Å²) < 4.78 is 6.04. The molecular formula is C11H8ClN3OS2. The van der Waals surface area contributed by atoms with Crippen LogP contribution in [-0.2, 0) is 0 Å². The van der Waals surface area contributed by atoms with Crippen LogP contribution in [0.2, 0.25) is 5.15 Å². The van der Waals surface area contributed by atoms with Gasteiger partial charge < -0.3 is 9.72 Å². The van der Waals surface area contributed by atoms with E-state index in [0.717, 1.165) is 26.3 Å². The van der Waals surface area contributed by atoms with E-state index in [4.69, 9.17) is 16.3 Å². The number of methoxy groups -OCH3 is 1. The van der Waals surface area contributed by atoms with Crippen LogP contribution in [0.15, 0.2) is 33.1 Å². The molecule has 18 heavy (non-hydrogen) atoms. The molecule has 0 aliphatic rings. The average molecular weight is 298 g/mol. The smallest absolute Gasteiger partial charge is 0.173 e. The Kier molecular flexibility index (Phi) is 3.15. The van der Waals surface area contributed by atoms with Crippen LogP contribution in [0.4, 0.5) is 0 Å². The largest absolute Gasteiger partial charge is 0.497 e. The normalized spacial score (nSPS) is 11.0. The molecule has 3 rings (SSSR count). The third-order valence-corrected chi connectivity index (χ3v) is 4.45. The number of fused-ring (bicyclic) bond motifs is 1. The van der Waals surface area contributed by atoms with Gasteiger partial charge in [0.25, 0.3) is 0 Å². The number of aromatic amines is 1. The van der Waals surface area contributed by atoms with Gasteiger partial charge in [-0.05, 0) is 23.9 Å². The van der Waals surface area contributed by atoms with E-state index in [1.807, 2.05) is 18.2 Å². The van der Waals surface area contributed by atoms with Crippen LogP contribution < -0.4 is 4.74 Å². The molecule has 1 aromatic carbocycles. The highest BCUT2D eigenvalue weighted by molar-refractivity contribution is 8.00. The second-order valence-corrected chi connectivity index (χ2v) is 5.94. The maximum absolute atomic E-state index is 5.78. The number of hydrogen-bond acceptors (Lipinski definition) is 5. The van der Waals surface area contributed by atoms with Gasteiger partial charge in [-0.2, -0.15) is 0 Å². The van der Waals surface area contributed by atoms with Crippen LogP contribution in [0.25, 0.3) is 11.0 Å². The Hall–Kier alpha value is -1.24. The van der Waals surface area contributed by atoms with Crippen molar-refractivity contribution >= 4 is 45.7 Å². The Bertz CT molecular complexity index is 694. The molecule has 0 fully saturated rings. The fourth-order valence-corrected chi connectivity index (χ4v) is 3.42. The number of H-pyrrole nitrogens is 1. The number of rotatable bonds is 3. The molecule has 2 aromatic heterocycles. The molecule has 0 amide bonds. The van der Waals surface area contributed by atoms with E-state index in [9.17, 15) is 0 Å². The first-order valence-corrected chi connectivity index (χ1v) is 7.14. The van der Waals surface area contributed by atoms with Gasteiger partial charge in [0.15, 0.2) is 9.50 Å². The third-order valence-electron chi connectivity index (χ3n) is 2.31. The molecule has 0 radical (unpaired) electrons. The Morgan fingerprint density at radius 3 is 3.00 bits per heavy atom. The summed E-state index contributed by atoms with van der Waals surface area (Å²) in [7, 11) is 1.64. The number of aromatic nitrogens is 3. The highest BCUT2D eigenvalue weighted by Gasteiger charge is 2.08. The number of imidazole rings is 1. The number of thiazole rings is 1. The first-order valence-electron chi connectivity index (χ1n) is 5.07. The van der Waals surface area contributed by atoms with E-state index in [2.05, 4.69) is 15.0 Å². The molecule has 7 heteroatoms. The lowest BCUT2D eigenvalue weighted by Crippen LogP contribution is -1.81. The number of nitrogens with zero attached hydrogens (tertiary/aromatic N) is 2. The van der Waals surface area contributed by atoms with E-state index < -0.39 is 0 Å². The highest BCUT2D eigenvalue weighted by atomic mass is 35.5. The minimum Gasteiger partial charge on any atom is -0.497 e. The molecule has 2 heterocycles. The first kappa shape index (κ1) is 11.8. The summed E-state index contributed by atoms with van der Waals surface area (Å²) in [6, 6.07) is 5.72. The minimum atomic E-state index is 0.514. The molecular weight excluding hydrogens is 290 g/mol. The standard InChI is InChI=1S/C11H8ClN3OS2/c1-16-6-2-3-7-8(4-6)14-10(13-7)18-11-15-9(12)5-17-11/h2-5H,1H3,(H,13,14). The van der Waals surface area contributed by atoms with Gasteiger partial charge in [0.2, 0.25) is 0 Å². The molecule has 3 aromatic rings. The quantitative estimate of drug-likeness (QED) is 0.798. The summed E-state index contributed by atoms with van der Waals surface area (Å²) >= 11 is 8.74. The zero-order valence-corrected chi connectivity index (χ0v) is 11.7. The van der Waals surface area contributed by atoms with Crippen molar-refractivity contribution in [1.29, 1.82) is 0 Å². The number of nitrogens with one attached hydrogen (secondary N) is 1. The topological polar surface area (TPSA) is 50.8 Å². The van der Waals surface area contributed by atoms with Crippen molar-refractivity contribution in [3.05, 3.63) is 28.7 Å². The summed E-state index contributed by atoms with van der Waals surface area (Å²) in [5, 5.41) is 3.11. The summed E-state index contributed by atoms with van der Waals surface area (Å²) in [5.41, 5.74) is 1.85. The van der Waals surface area contributed by atoms with Crippen molar-refractivity contribution in [3.63, 3.8) is 0 Å². The lowest BCUT2D eigenvalue weighted by atomic mass is 10.3. The predicted octanol–water partition coefficient (Wildman–Crippen LogP) is 3.83. The minimum absolute atomic E-state index is 0.514. The molecule has 92 valence electrons. The van der Waals surface area contributed by atoms with Gasteiger partial charge in [0.05, 0.1) is 18.1 Å². The van der Waals surface area contributed by atoms with Crippen LogP contribution in [0.5, 0.6) is 5.75 Å². The maximum atomic E-state index is 5.78. The van der Waals surface area contributed by atoms with Gasteiger partial charge in [-0.15, -0.1) is 11.3 Å².